The first-order valence-electron chi connectivity index (χ1n) is 13.8. The largest absolute Gasteiger partial charge is 0.393 e. The molecule has 5 unspecified atom stereocenters. The molecule has 0 bridgehead atoms. The lowest BCUT2D eigenvalue weighted by Crippen LogP contribution is -2.66. The van der Waals surface area contributed by atoms with E-state index in [9.17, 15) is 15.3 Å². The van der Waals surface area contributed by atoms with Crippen LogP contribution in [0.5, 0.6) is 0 Å². The third kappa shape index (κ3) is 3.61. The number of aliphatic hydroxyl groups is 3. The van der Waals surface area contributed by atoms with Gasteiger partial charge in [0.15, 0.2) is 0 Å². The van der Waals surface area contributed by atoms with Gasteiger partial charge in [-0.2, -0.15) is 0 Å². The lowest BCUT2D eigenvalue weighted by atomic mass is 9.35. The predicted molar refractivity (Wildman–Crippen MR) is 136 cm³/mol. The Morgan fingerprint density at radius 3 is 2.18 bits per heavy atom. The van der Waals surface area contributed by atoms with Gasteiger partial charge in [0.05, 0.1) is 17.8 Å². The maximum atomic E-state index is 11.8. The molecule has 0 radical (unpaired) electrons. The molecule has 3 nitrogen and oxygen atoms in total. The summed E-state index contributed by atoms with van der Waals surface area (Å²) in [5, 5.41) is 34.3. The van der Waals surface area contributed by atoms with Crippen molar-refractivity contribution >= 4 is 0 Å². The highest BCUT2D eigenvalue weighted by atomic mass is 16.3. The molecule has 4 saturated carbocycles. The van der Waals surface area contributed by atoms with E-state index in [1.165, 1.54) is 18.4 Å². The fourth-order valence-corrected chi connectivity index (χ4v) is 10.3. The van der Waals surface area contributed by atoms with Crippen molar-refractivity contribution in [2.24, 2.45) is 45.3 Å². The molecule has 0 aromatic rings. The molecule has 3 N–H and O–H groups in total. The fraction of sp³-hybridized carbons (Fsp3) is 0.933. The van der Waals surface area contributed by atoms with Crippen LogP contribution in [0, 0.1) is 45.3 Å². The first kappa shape index (κ1) is 25.7. The molecule has 190 valence electrons. The molecule has 3 heteroatoms. The molecule has 4 aliphatic carbocycles. The Labute approximate surface area is 203 Å². The zero-order valence-electron chi connectivity index (χ0n) is 22.7. The maximum absolute atomic E-state index is 11.8. The van der Waals surface area contributed by atoms with Gasteiger partial charge in [0.25, 0.3) is 0 Å². The Bertz CT molecular complexity index is 779. The summed E-state index contributed by atoms with van der Waals surface area (Å²) in [4.78, 5) is 0. The Morgan fingerprint density at radius 1 is 0.909 bits per heavy atom. The molecule has 10 atom stereocenters. The third-order valence-electron chi connectivity index (χ3n) is 12.4. The second-order valence-electron chi connectivity index (χ2n) is 14.5. The van der Waals surface area contributed by atoms with Crippen molar-refractivity contribution in [2.45, 2.75) is 131 Å². The second kappa shape index (κ2) is 8.07. The quantitative estimate of drug-likeness (QED) is 0.420. The highest BCUT2D eigenvalue weighted by Crippen LogP contribution is 2.75. The van der Waals surface area contributed by atoms with Crippen LogP contribution in [0.1, 0.15) is 113 Å². The van der Waals surface area contributed by atoms with E-state index in [0.29, 0.717) is 11.8 Å². The lowest BCUT2D eigenvalue weighted by Gasteiger charge is -2.70. The van der Waals surface area contributed by atoms with Gasteiger partial charge in [0.2, 0.25) is 0 Å². The summed E-state index contributed by atoms with van der Waals surface area (Å²) < 4.78 is 0. The number of fused-ring (bicyclic) bond motifs is 5. The summed E-state index contributed by atoms with van der Waals surface area (Å²) >= 11 is 0. The van der Waals surface area contributed by atoms with Crippen LogP contribution < -0.4 is 0 Å². The topological polar surface area (TPSA) is 60.7 Å². The van der Waals surface area contributed by atoms with E-state index < -0.39 is 5.60 Å². The standard InChI is InChI=1S/C30H52O3/c1-19(2)10-9-14-30(8,33)20-11-16-29(7)25(20)21(31)18-23-27(5)15-13-24(32)26(3,4)22(27)12-17-28(23,29)6/h10,20-25,31-33H,9,11-18H2,1-8H3/t20?,21?,22?,23?,24-,25-,27-,28+,29+,30?/m0/s1. The highest BCUT2D eigenvalue weighted by Gasteiger charge is 2.71. The summed E-state index contributed by atoms with van der Waals surface area (Å²) in [5.74, 6) is 1.31. The van der Waals surface area contributed by atoms with Crippen molar-refractivity contribution in [3.8, 4) is 0 Å². The molecule has 0 aliphatic heterocycles. The third-order valence-corrected chi connectivity index (χ3v) is 12.4. The molecule has 0 saturated heterocycles. The molecule has 4 aliphatic rings. The molecule has 4 rings (SSSR count). The molecule has 0 aromatic heterocycles. The zero-order valence-corrected chi connectivity index (χ0v) is 22.7. The summed E-state index contributed by atoms with van der Waals surface area (Å²) in [6.07, 6.45) is 10.6. The van der Waals surface area contributed by atoms with Gasteiger partial charge >= 0.3 is 0 Å². The number of allylic oxidation sites excluding steroid dienone is 2. The fourth-order valence-electron chi connectivity index (χ4n) is 10.3. The minimum atomic E-state index is -0.739. The van der Waals surface area contributed by atoms with E-state index in [0.717, 1.165) is 44.9 Å². The SMILES string of the molecule is CC(C)=CCCC(C)(O)C1CC[C@]2(C)[C@@H]1C(O)CC1[C@@]3(C)CC[C@H](O)C(C)(C)C3CC[C@]12C. The average Bonchev–Trinajstić information content (AvgIpc) is 3.08. The van der Waals surface area contributed by atoms with Gasteiger partial charge in [-0.25, -0.2) is 0 Å². The van der Waals surface area contributed by atoms with Crippen molar-refractivity contribution < 1.29 is 15.3 Å². The van der Waals surface area contributed by atoms with Gasteiger partial charge in [-0.1, -0.05) is 46.3 Å². The van der Waals surface area contributed by atoms with E-state index >= 15 is 0 Å². The van der Waals surface area contributed by atoms with Gasteiger partial charge in [-0.15, -0.1) is 0 Å². The van der Waals surface area contributed by atoms with Crippen LogP contribution in [-0.2, 0) is 0 Å². The summed E-state index contributed by atoms with van der Waals surface area (Å²) in [6.45, 7) is 18.3. The van der Waals surface area contributed by atoms with Gasteiger partial charge in [-0.3, -0.25) is 0 Å². The maximum Gasteiger partial charge on any atom is 0.0654 e. The molecule has 0 amide bonds. The van der Waals surface area contributed by atoms with Gasteiger partial charge in [-0.05, 0) is 124 Å². The van der Waals surface area contributed by atoms with Crippen LogP contribution in [-0.4, -0.2) is 33.1 Å². The smallest absolute Gasteiger partial charge is 0.0654 e. The van der Waals surface area contributed by atoms with E-state index in [-0.39, 0.29) is 45.7 Å². The van der Waals surface area contributed by atoms with Crippen molar-refractivity contribution in [3.05, 3.63) is 11.6 Å². The minimum absolute atomic E-state index is 0.0503. The van der Waals surface area contributed by atoms with Gasteiger partial charge in [0, 0.05) is 0 Å². The molecule has 0 heterocycles. The Kier molecular flexibility index (Phi) is 6.28. The van der Waals surface area contributed by atoms with E-state index in [1.807, 2.05) is 6.92 Å². The zero-order chi connectivity index (χ0) is 24.6. The van der Waals surface area contributed by atoms with Crippen molar-refractivity contribution in [2.75, 3.05) is 0 Å². The lowest BCUT2D eigenvalue weighted by molar-refractivity contribution is -0.246. The van der Waals surface area contributed by atoms with Crippen LogP contribution in [0.25, 0.3) is 0 Å². The number of hydrogen-bond acceptors (Lipinski definition) is 3. The van der Waals surface area contributed by atoms with Crippen molar-refractivity contribution in [3.63, 3.8) is 0 Å². The van der Waals surface area contributed by atoms with Crippen LogP contribution in [0.2, 0.25) is 0 Å². The normalized spacial score (nSPS) is 50.5. The first-order chi connectivity index (χ1) is 15.1. The summed E-state index contributed by atoms with van der Waals surface area (Å²) in [7, 11) is 0. The number of aliphatic hydroxyl groups excluding tert-OH is 2. The second-order valence-corrected chi connectivity index (χ2v) is 14.5. The van der Waals surface area contributed by atoms with Gasteiger partial charge < -0.3 is 15.3 Å². The van der Waals surface area contributed by atoms with Gasteiger partial charge in [0.1, 0.15) is 0 Å². The van der Waals surface area contributed by atoms with Crippen molar-refractivity contribution in [1.82, 2.24) is 0 Å². The first-order valence-corrected chi connectivity index (χ1v) is 13.8. The Hall–Kier alpha value is -0.380. The molecule has 0 aromatic carbocycles. The minimum Gasteiger partial charge on any atom is -0.393 e. The van der Waals surface area contributed by atoms with Crippen LogP contribution in [0.4, 0.5) is 0 Å². The Balaban J connectivity index is 1.66. The monoisotopic (exact) mass is 460 g/mol. The van der Waals surface area contributed by atoms with Crippen LogP contribution in [0.3, 0.4) is 0 Å². The van der Waals surface area contributed by atoms with E-state index in [4.69, 9.17) is 0 Å². The molecule has 4 fully saturated rings. The van der Waals surface area contributed by atoms with E-state index in [2.05, 4.69) is 54.5 Å². The van der Waals surface area contributed by atoms with E-state index in [1.54, 1.807) is 0 Å². The number of rotatable bonds is 4. The predicted octanol–water partition coefficient (Wildman–Crippen LogP) is 6.50. The average molecular weight is 461 g/mol. The molecular formula is C30H52O3. The summed E-state index contributed by atoms with van der Waals surface area (Å²) in [5.41, 5.74) is 0.885. The molecule has 0 spiro atoms. The van der Waals surface area contributed by atoms with Crippen molar-refractivity contribution in [1.29, 1.82) is 0 Å². The molecule has 33 heavy (non-hydrogen) atoms. The van der Waals surface area contributed by atoms with Crippen LogP contribution in [0.15, 0.2) is 11.6 Å². The molecular weight excluding hydrogens is 408 g/mol. The summed E-state index contributed by atoms with van der Waals surface area (Å²) in [6, 6.07) is 0. The Morgan fingerprint density at radius 2 is 1.55 bits per heavy atom. The van der Waals surface area contributed by atoms with Crippen LogP contribution >= 0.6 is 0 Å². The highest BCUT2D eigenvalue weighted by molar-refractivity contribution is 5.20. The number of hydrogen-bond donors (Lipinski definition) is 3.